The molecule has 1 aliphatic heterocycles. The van der Waals surface area contributed by atoms with Crippen LogP contribution < -0.4 is 4.74 Å². The van der Waals surface area contributed by atoms with Crippen LogP contribution in [0.1, 0.15) is 29.6 Å². The zero-order chi connectivity index (χ0) is 23.5. The van der Waals surface area contributed by atoms with E-state index in [1.807, 2.05) is 78.2 Å². The Balaban J connectivity index is 1.37. The van der Waals surface area contributed by atoms with Crippen LogP contribution in [0.4, 0.5) is 0 Å². The van der Waals surface area contributed by atoms with Crippen LogP contribution in [0.25, 0.3) is 5.69 Å². The van der Waals surface area contributed by atoms with Gasteiger partial charge in [0.15, 0.2) is 5.16 Å². The van der Waals surface area contributed by atoms with E-state index in [1.165, 1.54) is 16.8 Å². The molecule has 0 N–H and O–H groups in total. The Bertz CT molecular complexity index is 1300. The molecule has 0 saturated carbocycles. The lowest BCUT2D eigenvalue weighted by molar-refractivity contribution is -0.130. The second kappa shape index (κ2) is 9.56. The minimum Gasteiger partial charge on any atom is -0.497 e. The summed E-state index contributed by atoms with van der Waals surface area (Å²) in [6.45, 7) is 1.89. The van der Waals surface area contributed by atoms with Gasteiger partial charge in [-0.05, 0) is 61.0 Å². The van der Waals surface area contributed by atoms with E-state index in [4.69, 9.17) is 14.3 Å². The number of para-hydroxylation sites is 1. The van der Waals surface area contributed by atoms with Crippen molar-refractivity contribution in [3.05, 3.63) is 90.1 Å². The Hall–Kier alpha value is -3.85. The van der Waals surface area contributed by atoms with E-state index in [9.17, 15) is 4.79 Å². The molecule has 2 aromatic heterocycles. The van der Waals surface area contributed by atoms with Gasteiger partial charge in [-0.3, -0.25) is 9.36 Å². The molecule has 5 rings (SSSR count). The number of nitrogens with zero attached hydrogens (tertiary/aromatic N) is 5. The molecule has 0 unspecified atom stereocenters. The Labute approximate surface area is 201 Å². The monoisotopic (exact) mass is 473 g/mol. The summed E-state index contributed by atoms with van der Waals surface area (Å²) in [5, 5.41) is 15.4. The fourth-order valence-electron chi connectivity index (χ4n) is 3.90. The molecule has 0 radical (unpaired) electrons. The van der Waals surface area contributed by atoms with Gasteiger partial charge in [-0.15, -0.1) is 10.2 Å². The van der Waals surface area contributed by atoms with Crippen LogP contribution in [0.2, 0.25) is 0 Å². The van der Waals surface area contributed by atoms with Crippen molar-refractivity contribution < 1.29 is 13.9 Å². The largest absolute Gasteiger partial charge is 0.497 e. The second-order valence-corrected chi connectivity index (χ2v) is 8.68. The molecule has 0 saturated heterocycles. The maximum atomic E-state index is 13.3. The number of amides is 1. The van der Waals surface area contributed by atoms with Crippen molar-refractivity contribution in [2.24, 2.45) is 5.10 Å². The van der Waals surface area contributed by atoms with Crippen LogP contribution in [-0.4, -0.2) is 44.3 Å². The lowest BCUT2D eigenvalue weighted by atomic mass is 10.0. The van der Waals surface area contributed by atoms with E-state index in [2.05, 4.69) is 10.2 Å². The van der Waals surface area contributed by atoms with Crippen molar-refractivity contribution in [3.63, 3.8) is 0 Å². The van der Waals surface area contributed by atoms with Crippen LogP contribution in [0, 0.1) is 6.92 Å². The number of thioether (sulfide) groups is 1. The average molecular weight is 474 g/mol. The number of methoxy groups -OCH3 is 1. The van der Waals surface area contributed by atoms with Gasteiger partial charge in [-0.2, -0.15) is 5.10 Å². The highest BCUT2D eigenvalue weighted by Crippen LogP contribution is 2.34. The van der Waals surface area contributed by atoms with Crippen molar-refractivity contribution in [1.82, 2.24) is 19.8 Å². The second-order valence-electron chi connectivity index (χ2n) is 7.74. The first-order chi connectivity index (χ1) is 16.6. The van der Waals surface area contributed by atoms with Crippen molar-refractivity contribution in [2.45, 2.75) is 24.5 Å². The van der Waals surface area contributed by atoms with Gasteiger partial charge in [-0.25, -0.2) is 5.01 Å². The van der Waals surface area contributed by atoms with E-state index < -0.39 is 0 Å². The normalized spacial score (nSPS) is 15.4. The lowest BCUT2D eigenvalue weighted by Gasteiger charge is -2.19. The highest BCUT2D eigenvalue weighted by molar-refractivity contribution is 7.99. The van der Waals surface area contributed by atoms with E-state index in [1.54, 1.807) is 13.4 Å². The van der Waals surface area contributed by atoms with E-state index in [0.717, 1.165) is 28.5 Å². The lowest BCUT2D eigenvalue weighted by Crippen LogP contribution is -2.28. The smallest absolute Gasteiger partial charge is 0.253 e. The maximum absolute atomic E-state index is 13.3. The van der Waals surface area contributed by atoms with Gasteiger partial charge in [-0.1, -0.05) is 30.0 Å². The van der Waals surface area contributed by atoms with Gasteiger partial charge < -0.3 is 9.15 Å². The molecule has 9 heteroatoms. The van der Waals surface area contributed by atoms with Crippen molar-refractivity contribution in [2.75, 3.05) is 12.9 Å². The zero-order valence-corrected chi connectivity index (χ0v) is 19.6. The summed E-state index contributed by atoms with van der Waals surface area (Å²) in [7, 11) is 1.63. The zero-order valence-electron chi connectivity index (χ0n) is 18.8. The van der Waals surface area contributed by atoms with Gasteiger partial charge in [0.25, 0.3) is 5.91 Å². The summed E-state index contributed by atoms with van der Waals surface area (Å²) >= 11 is 1.34. The van der Waals surface area contributed by atoms with E-state index in [0.29, 0.717) is 17.3 Å². The summed E-state index contributed by atoms with van der Waals surface area (Å²) in [4.78, 5) is 13.3. The van der Waals surface area contributed by atoms with Crippen LogP contribution in [-0.2, 0) is 4.79 Å². The molecule has 0 fully saturated rings. The molecule has 0 bridgehead atoms. The third-order valence-electron chi connectivity index (χ3n) is 5.60. The molecule has 2 aromatic carbocycles. The molecule has 1 aliphatic rings. The number of aryl methyl sites for hydroxylation is 1. The first kappa shape index (κ1) is 22.0. The molecule has 1 amide bonds. The maximum Gasteiger partial charge on any atom is 0.253 e. The van der Waals surface area contributed by atoms with Gasteiger partial charge in [0.2, 0.25) is 0 Å². The predicted octanol–water partition coefficient (Wildman–Crippen LogP) is 4.65. The third-order valence-corrected chi connectivity index (χ3v) is 6.51. The number of carbonyl (C=O) groups is 1. The number of aromatic nitrogens is 3. The van der Waals surface area contributed by atoms with Crippen molar-refractivity contribution >= 4 is 23.4 Å². The Morgan fingerprint density at radius 1 is 1.09 bits per heavy atom. The Kier molecular flexibility index (Phi) is 6.18. The van der Waals surface area contributed by atoms with E-state index in [-0.39, 0.29) is 17.7 Å². The molecular weight excluding hydrogens is 450 g/mol. The van der Waals surface area contributed by atoms with Gasteiger partial charge in [0.1, 0.15) is 23.4 Å². The third kappa shape index (κ3) is 4.34. The highest BCUT2D eigenvalue weighted by Gasteiger charge is 2.35. The molecule has 4 aromatic rings. The molecular formula is C25H23N5O3S. The molecule has 8 nitrogen and oxygen atoms in total. The molecule has 34 heavy (non-hydrogen) atoms. The Morgan fingerprint density at radius 3 is 2.59 bits per heavy atom. The fraction of sp³-hybridized carbons (Fsp3) is 0.200. The topological polar surface area (TPSA) is 85.8 Å². The van der Waals surface area contributed by atoms with Gasteiger partial charge in [0.05, 0.1) is 24.8 Å². The van der Waals surface area contributed by atoms with Gasteiger partial charge in [0, 0.05) is 12.1 Å². The van der Waals surface area contributed by atoms with Crippen LogP contribution >= 0.6 is 11.8 Å². The Morgan fingerprint density at radius 2 is 1.88 bits per heavy atom. The number of benzene rings is 2. The summed E-state index contributed by atoms with van der Waals surface area (Å²) < 4.78 is 12.8. The van der Waals surface area contributed by atoms with Crippen molar-refractivity contribution in [3.8, 4) is 11.4 Å². The number of furan rings is 1. The summed E-state index contributed by atoms with van der Waals surface area (Å²) in [5.41, 5.74) is 2.72. The molecule has 172 valence electrons. The fourth-order valence-corrected chi connectivity index (χ4v) is 4.75. The first-order valence-electron chi connectivity index (χ1n) is 10.8. The predicted molar refractivity (Wildman–Crippen MR) is 129 cm³/mol. The first-order valence-corrected chi connectivity index (χ1v) is 11.8. The number of ether oxygens (including phenoxy) is 1. The molecule has 1 atom stereocenters. The molecule has 0 spiro atoms. The number of hydrogen-bond acceptors (Lipinski definition) is 7. The minimum absolute atomic E-state index is 0.129. The van der Waals surface area contributed by atoms with Crippen LogP contribution in [0.15, 0.2) is 87.7 Å². The van der Waals surface area contributed by atoms with Crippen LogP contribution in [0.5, 0.6) is 5.75 Å². The quantitative estimate of drug-likeness (QED) is 0.363. The van der Waals surface area contributed by atoms with E-state index >= 15 is 0 Å². The van der Waals surface area contributed by atoms with Crippen LogP contribution in [0.3, 0.4) is 0 Å². The van der Waals surface area contributed by atoms with Crippen molar-refractivity contribution in [1.29, 1.82) is 0 Å². The van der Waals surface area contributed by atoms with Gasteiger partial charge >= 0.3 is 0 Å². The number of rotatable bonds is 7. The number of hydrazone groups is 1. The molecule has 3 heterocycles. The number of hydrogen-bond donors (Lipinski definition) is 0. The highest BCUT2D eigenvalue weighted by atomic mass is 32.2. The standard InChI is InChI=1S/C25H23N5O3S/c1-17-26-27-25(29(17)19-7-4-3-5-8-19)34-16-24(31)30-22(23-9-6-14-33-23)15-21(28-30)18-10-12-20(32-2)13-11-18/h3-14,22H,15-16H2,1-2H3/t22-/m0/s1. The summed E-state index contributed by atoms with van der Waals surface area (Å²) in [6, 6.07) is 20.9. The number of carbonyl (C=O) groups excluding carboxylic acids is 1. The SMILES string of the molecule is COc1ccc(C2=NN(C(=O)CSc3nnc(C)n3-c3ccccc3)[C@H](c3ccco3)C2)cc1. The minimum atomic E-state index is -0.297. The average Bonchev–Trinajstić information content (AvgIpc) is 3.63. The summed E-state index contributed by atoms with van der Waals surface area (Å²) in [6.07, 6.45) is 2.18. The summed E-state index contributed by atoms with van der Waals surface area (Å²) in [5.74, 6) is 2.27. The molecule has 0 aliphatic carbocycles.